The van der Waals surface area contributed by atoms with Gasteiger partial charge in [-0.05, 0) is 6.92 Å². The molecule has 0 radical (unpaired) electrons. The summed E-state index contributed by atoms with van der Waals surface area (Å²) in [6.45, 7) is 0.435. The van der Waals surface area contributed by atoms with E-state index >= 15 is 0 Å². The minimum absolute atomic E-state index is 0.135. The van der Waals surface area contributed by atoms with E-state index in [1.165, 1.54) is 6.92 Å². The molecule has 0 aliphatic heterocycles. The van der Waals surface area contributed by atoms with Crippen molar-refractivity contribution in [1.29, 1.82) is 0 Å². The van der Waals surface area contributed by atoms with Crippen molar-refractivity contribution in [2.75, 3.05) is 13.2 Å². The Morgan fingerprint density at radius 3 is 2.53 bits per heavy atom. The number of carbonyl (C=O) groups is 2. The third-order valence-electron chi connectivity index (χ3n) is 1.47. The average Bonchev–Trinajstić information content (AvgIpc) is 2.12. The fourth-order valence-corrected chi connectivity index (χ4v) is 0.713. The van der Waals surface area contributed by atoms with Crippen LogP contribution >= 0.6 is 0 Å². The lowest BCUT2D eigenvalue weighted by molar-refractivity contribution is -0.141. The van der Waals surface area contributed by atoms with Gasteiger partial charge in [0.05, 0.1) is 6.61 Å². The largest absolute Gasteiger partial charge is 0.480 e. The number of rotatable bonds is 7. The van der Waals surface area contributed by atoms with Crippen molar-refractivity contribution in [1.82, 2.24) is 5.32 Å². The van der Waals surface area contributed by atoms with E-state index in [1.54, 1.807) is 0 Å². The fourth-order valence-electron chi connectivity index (χ4n) is 0.713. The number of amides is 1. The summed E-state index contributed by atoms with van der Waals surface area (Å²) in [5.74, 6) is -1.70. The minimum atomic E-state index is -2.56. The van der Waals surface area contributed by atoms with Gasteiger partial charge in [-0.3, -0.25) is 9.59 Å². The standard InChI is InChI=1S/C8H13F2NO4/c1-5(8(13)14)11-7(12)2-3-15-4-6(9)10/h5-6H,2-4H2,1H3,(H,11,12)(H,13,14)/t5-/m0/s1. The lowest BCUT2D eigenvalue weighted by Crippen LogP contribution is -2.38. The number of hydrogen-bond acceptors (Lipinski definition) is 3. The van der Waals surface area contributed by atoms with Crippen LogP contribution in [-0.2, 0) is 14.3 Å². The average molecular weight is 225 g/mol. The van der Waals surface area contributed by atoms with Crippen LogP contribution in [0.2, 0.25) is 0 Å². The molecule has 0 unspecified atom stereocenters. The Kier molecular flexibility index (Phi) is 6.52. The summed E-state index contributed by atoms with van der Waals surface area (Å²) in [4.78, 5) is 21.3. The fraction of sp³-hybridized carbons (Fsp3) is 0.750. The Morgan fingerprint density at radius 2 is 2.07 bits per heavy atom. The lowest BCUT2D eigenvalue weighted by atomic mass is 10.3. The first-order valence-electron chi connectivity index (χ1n) is 4.31. The zero-order valence-electron chi connectivity index (χ0n) is 8.20. The molecule has 0 rings (SSSR count). The molecule has 0 aliphatic rings. The number of carbonyl (C=O) groups excluding carboxylic acids is 1. The quantitative estimate of drug-likeness (QED) is 0.609. The molecular weight excluding hydrogens is 212 g/mol. The molecule has 0 aromatic carbocycles. The van der Waals surface area contributed by atoms with Gasteiger partial charge in [0, 0.05) is 6.42 Å². The molecule has 0 saturated heterocycles. The molecule has 88 valence electrons. The third kappa shape index (κ3) is 7.80. The minimum Gasteiger partial charge on any atom is -0.480 e. The molecule has 0 heterocycles. The molecule has 0 fully saturated rings. The van der Waals surface area contributed by atoms with Gasteiger partial charge >= 0.3 is 5.97 Å². The van der Waals surface area contributed by atoms with Gasteiger partial charge in [0.15, 0.2) is 0 Å². The summed E-state index contributed by atoms with van der Waals surface area (Å²) < 4.78 is 27.6. The molecule has 15 heavy (non-hydrogen) atoms. The third-order valence-corrected chi connectivity index (χ3v) is 1.47. The zero-order chi connectivity index (χ0) is 11.8. The predicted octanol–water partition coefficient (Wildman–Crippen LogP) is 0.248. The maximum absolute atomic E-state index is 11.6. The van der Waals surface area contributed by atoms with Crippen LogP contribution in [0.4, 0.5) is 8.78 Å². The number of alkyl halides is 2. The number of aliphatic carboxylic acids is 1. The topological polar surface area (TPSA) is 75.6 Å². The van der Waals surface area contributed by atoms with Crippen molar-refractivity contribution >= 4 is 11.9 Å². The van der Waals surface area contributed by atoms with Crippen LogP contribution in [0, 0.1) is 0 Å². The van der Waals surface area contributed by atoms with Gasteiger partial charge in [0.25, 0.3) is 6.43 Å². The molecular formula is C8H13F2NO4. The SMILES string of the molecule is C[C@H](NC(=O)CCOCC(F)F)C(=O)O. The van der Waals surface area contributed by atoms with E-state index in [-0.39, 0.29) is 13.0 Å². The van der Waals surface area contributed by atoms with E-state index < -0.39 is 31.0 Å². The molecule has 0 spiro atoms. The normalized spacial score (nSPS) is 12.5. The van der Waals surface area contributed by atoms with Crippen molar-refractivity contribution in [2.45, 2.75) is 25.8 Å². The second-order valence-corrected chi connectivity index (χ2v) is 2.84. The molecule has 0 aliphatic carbocycles. The van der Waals surface area contributed by atoms with Gasteiger partial charge in [-0.15, -0.1) is 0 Å². The molecule has 1 atom stereocenters. The highest BCUT2D eigenvalue weighted by Crippen LogP contribution is 1.94. The first-order chi connectivity index (χ1) is 6.93. The first-order valence-corrected chi connectivity index (χ1v) is 4.31. The lowest BCUT2D eigenvalue weighted by Gasteiger charge is -2.09. The molecule has 2 N–H and O–H groups in total. The van der Waals surface area contributed by atoms with Gasteiger partial charge in [0.2, 0.25) is 5.91 Å². The summed E-state index contributed by atoms with van der Waals surface area (Å²) in [6.07, 6.45) is -2.70. The van der Waals surface area contributed by atoms with Crippen molar-refractivity contribution in [2.24, 2.45) is 0 Å². The van der Waals surface area contributed by atoms with Gasteiger partial charge in [-0.1, -0.05) is 0 Å². The van der Waals surface area contributed by atoms with Gasteiger partial charge in [0.1, 0.15) is 12.6 Å². The van der Waals surface area contributed by atoms with Crippen molar-refractivity contribution in [3.8, 4) is 0 Å². The Bertz CT molecular complexity index is 223. The summed E-state index contributed by atoms with van der Waals surface area (Å²) in [5, 5.41) is 10.6. The zero-order valence-corrected chi connectivity index (χ0v) is 8.20. The Labute approximate surface area is 85.4 Å². The predicted molar refractivity (Wildman–Crippen MR) is 46.7 cm³/mol. The molecule has 1 amide bonds. The Morgan fingerprint density at radius 1 is 1.47 bits per heavy atom. The second-order valence-electron chi connectivity index (χ2n) is 2.84. The van der Waals surface area contributed by atoms with Crippen LogP contribution in [0.1, 0.15) is 13.3 Å². The number of carboxylic acids is 1. The maximum Gasteiger partial charge on any atom is 0.325 e. The van der Waals surface area contributed by atoms with Gasteiger partial charge in [-0.25, -0.2) is 8.78 Å². The smallest absolute Gasteiger partial charge is 0.325 e. The van der Waals surface area contributed by atoms with Crippen LogP contribution in [0.3, 0.4) is 0 Å². The van der Waals surface area contributed by atoms with E-state index in [4.69, 9.17) is 5.11 Å². The summed E-state index contributed by atoms with van der Waals surface area (Å²) in [6, 6.07) is -0.993. The van der Waals surface area contributed by atoms with Crippen molar-refractivity contribution in [3.05, 3.63) is 0 Å². The number of carboxylic acid groups (broad SMARTS) is 1. The van der Waals surface area contributed by atoms with Crippen LogP contribution in [-0.4, -0.2) is 42.7 Å². The van der Waals surface area contributed by atoms with Crippen LogP contribution in [0.15, 0.2) is 0 Å². The number of nitrogens with one attached hydrogen (secondary N) is 1. The number of hydrogen-bond donors (Lipinski definition) is 2. The maximum atomic E-state index is 11.6. The molecule has 0 aromatic rings. The summed E-state index contributed by atoms with van der Waals surface area (Å²) in [7, 11) is 0. The van der Waals surface area contributed by atoms with Gasteiger partial charge < -0.3 is 15.2 Å². The Hall–Kier alpha value is -1.24. The highest BCUT2D eigenvalue weighted by molar-refractivity contribution is 5.83. The molecule has 0 aromatic heterocycles. The molecule has 0 saturated carbocycles. The summed E-state index contributed by atoms with van der Waals surface area (Å²) >= 11 is 0. The molecule has 7 heteroatoms. The Balaban J connectivity index is 3.54. The van der Waals surface area contributed by atoms with Crippen LogP contribution in [0.25, 0.3) is 0 Å². The van der Waals surface area contributed by atoms with Gasteiger partial charge in [-0.2, -0.15) is 0 Å². The van der Waals surface area contributed by atoms with Crippen molar-refractivity contribution < 1.29 is 28.2 Å². The van der Waals surface area contributed by atoms with Crippen LogP contribution < -0.4 is 5.32 Å². The molecule has 0 bridgehead atoms. The van der Waals surface area contributed by atoms with E-state index in [0.717, 1.165) is 0 Å². The number of ether oxygens (including phenoxy) is 1. The monoisotopic (exact) mass is 225 g/mol. The van der Waals surface area contributed by atoms with Crippen LogP contribution in [0.5, 0.6) is 0 Å². The van der Waals surface area contributed by atoms with E-state index in [2.05, 4.69) is 10.1 Å². The van der Waals surface area contributed by atoms with E-state index in [9.17, 15) is 18.4 Å². The highest BCUT2D eigenvalue weighted by Gasteiger charge is 2.13. The first kappa shape index (κ1) is 13.8. The van der Waals surface area contributed by atoms with E-state index in [0.29, 0.717) is 0 Å². The van der Waals surface area contributed by atoms with E-state index in [1.807, 2.05) is 0 Å². The number of halogens is 2. The highest BCUT2D eigenvalue weighted by atomic mass is 19.3. The molecule has 5 nitrogen and oxygen atoms in total. The summed E-state index contributed by atoms with van der Waals surface area (Å²) in [5.41, 5.74) is 0. The second kappa shape index (κ2) is 7.10. The van der Waals surface area contributed by atoms with Crippen molar-refractivity contribution in [3.63, 3.8) is 0 Å².